The van der Waals surface area contributed by atoms with E-state index in [9.17, 15) is 9.59 Å². The lowest BCUT2D eigenvalue weighted by molar-refractivity contribution is 0.0956. The fourth-order valence-electron chi connectivity index (χ4n) is 4.20. The second-order valence-corrected chi connectivity index (χ2v) is 8.27. The van der Waals surface area contributed by atoms with Crippen LogP contribution in [0.15, 0.2) is 77.6 Å². The van der Waals surface area contributed by atoms with Gasteiger partial charge in [0.2, 0.25) is 5.95 Å². The molecule has 1 N–H and O–H groups in total. The highest BCUT2D eigenvalue weighted by Crippen LogP contribution is 2.26. The fraction of sp³-hybridized carbons (Fsp3) is 0.222. The van der Waals surface area contributed by atoms with E-state index in [1.54, 1.807) is 37.4 Å². The summed E-state index contributed by atoms with van der Waals surface area (Å²) in [5.74, 6) is 0.665. The zero-order valence-corrected chi connectivity index (χ0v) is 18.9. The number of benzene rings is 3. The Morgan fingerprint density at radius 3 is 2.56 bits per heavy atom. The molecular formula is C27H25N3O4. The van der Waals surface area contributed by atoms with Gasteiger partial charge in [0, 0.05) is 12.2 Å². The van der Waals surface area contributed by atoms with Gasteiger partial charge in [-0.2, -0.15) is 0 Å². The zero-order chi connectivity index (χ0) is 23.5. The van der Waals surface area contributed by atoms with E-state index in [2.05, 4.69) is 5.32 Å². The maximum atomic E-state index is 13.5. The molecule has 5 rings (SSSR count). The Balaban J connectivity index is 1.57. The van der Waals surface area contributed by atoms with Crippen molar-refractivity contribution in [3.05, 3.63) is 88.7 Å². The van der Waals surface area contributed by atoms with E-state index >= 15 is 0 Å². The van der Waals surface area contributed by atoms with E-state index < -0.39 is 0 Å². The summed E-state index contributed by atoms with van der Waals surface area (Å²) in [6.45, 7) is 1.02. The van der Waals surface area contributed by atoms with Gasteiger partial charge in [-0.3, -0.25) is 19.5 Å². The summed E-state index contributed by atoms with van der Waals surface area (Å²) in [7, 11) is 1.63. The Labute approximate surface area is 197 Å². The standard InChI is InChI=1S/C27H25N3O4/c1-33-21-12-9-18(10-13-21)20-11-14-23-24(16-20)28-27(29-25(31)19-6-3-2-4-7-19)30(26(23)32)17-22-8-5-15-34-22/h2-4,6-7,9-14,16,22H,5,8,15,17H2,1H3,(H,28,29,31). The third-order valence-corrected chi connectivity index (χ3v) is 6.05. The number of nitrogens with one attached hydrogen (secondary N) is 1. The van der Waals surface area contributed by atoms with Crippen molar-refractivity contribution in [2.24, 2.45) is 0 Å². The number of methoxy groups -OCH3 is 1. The summed E-state index contributed by atoms with van der Waals surface area (Å²) in [6, 6.07) is 22.1. The summed E-state index contributed by atoms with van der Waals surface area (Å²) >= 11 is 0. The van der Waals surface area contributed by atoms with Crippen molar-refractivity contribution in [2.75, 3.05) is 19.0 Å². The van der Waals surface area contributed by atoms with Gasteiger partial charge in [0.25, 0.3) is 11.5 Å². The molecule has 34 heavy (non-hydrogen) atoms. The molecule has 1 aromatic heterocycles. The Morgan fingerprint density at radius 1 is 1.09 bits per heavy atom. The first-order valence-electron chi connectivity index (χ1n) is 11.3. The number of ether oxygens (including phenoxy) is 2. The molecule has 1 saturated heterocycles. The van der Waals surface area contributed by atoms with Gasteiger partial charge < -0.3 is 9.47 Å². The van der Waals surface area contributed by atoms with Crippen LogP contribution in [0.1, 0.15) is 23.2 Å². The number of hydrogen-bond donors (Lipinski definition) is 1. The van der Waals surface area contributed by atoms with Crippen LogP contribution in [0.2, 0.25) is 0 Å². The largest absolute Gasteiger partial charge is 0.497 e. The molecule has 1 unspecified atom stereocenters. The minimum Gasteiger partial charge on any atom is -0.497 e. The van der Waals surface area contributed by atoms with Crippen molar-refractivity contribution in [1.29, 1.82) is 0 Å². The first kappa shape index (κ1) is 21.9. The molecule has 2 heterocycles. The molecule has 0 bridgehead atoms. The second-order valence-electron chi connectivity index (χ2n) is 8.27. The molecule has 0 aliphatic carbocycles. The predicted octanol–water partition coefficient (Wildman–Crippen LogP) is 4.50. The van der Waals surface area contributed by atoms with Crippen molar-refractivity contribution in [3.63, 3.8) is 0 Å². The highest BCUT2D eigenvalue weighted by Gasteiger charge is 2.21. The third kappa shape index (κ3) is 4.43. The van der Waals surface area contributed by atoms with Crippen LogP contribution in [0.5, 0.6) is 5.75 Å². The summed E-state index contributed by atoms with van der Waals surface area (Å²) in [6.07, 6.45) is 1.74. The monoisotopic (exact) mass is 455 g/mol. The molecule has 1 atom stereocenters. The smallest absolute Gasteiger partial charge is 0.262 e. The van der Waals surface area contributed by atoms with Crippen LogP contribution in [0.3, 0.4) is 0 Å². The van der Waals surface area contributed by atoms with E-state index in [1.807, 2.05) is 42.5 Å². The van der Waals surface area contributed by atoms with Crippen LogP contribution in [-0.2, 0) is 11.3 Å². The molecule has 1 aliphatic rings. The molecule has 0 radical (unpaired) electrons. The van der Waals surface area contributed by atoms with Crippen LogP contribution in [0.4, 0.5) is 5.95 Å². The van der Waals surface area contributed by atoms with Gasteiger partial charge in [-0.25, -0.2) is 4.98 Å². The van der Waals surface area contributed by atoms with Gasteiger partial charge >= 0.3 is 0 Å². The number of fused-ring (bicyclic) bond motifs is 1. The molecule has 7 nitrogen and oxygen atoms in total. The molecule has 1 amide bonds. The highest BCUT2D eigenvalue weighted by molar-refractivity contribution is 6.03. The van der Waals surface area contributed by atoms with Crippen molar-refractivity contribution >= 4 is 22.8 Å². The number of amides is 1. The molecule has 7 heteroatoms. The molecule has 1 fully saturated rings. The number of hydrogen-bond acceptors (Lipinski definition) is 5. The Hall–Kier alpha value is -3.97. The summed E-state index contributed by atoms with van der Waals surface area (Å²) in [4.78, 5) is 31.1. The zero-order valence-electron chi connectivity index (χ0n) is 18.9. The first-order valence-corrected chi connectivity index (χ1v) is 11.3. The van der Waals surface area contributed by atoms with Crippen molar-refractivity contribution in [1.82, 2.24) is 9.55 Å². The van der Waals surface area contributed by atoms with E-state index in [0.29, 0.717) is 29.6 Å². The van der Waals surface area contributed by atoms with E-state index in [-0.39, 0.29) is 23.5 Å². The molecule has 4 aromatic rings. The molecule has 1 aliphatic heterocycles. The van der Waals surface area contributed by atoms with Crippen molar-refractivity contribution < 1.29 is 14.3 Å². The third-order valence-electron chi connectivity index (χ3n) is 6.05. The lowest BCUT2D eigenvalue weighted by atomic mass is 10.0. The Morgan fingerprint density at radius 2 is 1.85 bits per heavy atom. The molecule has 0 spiro atoms. The summed E-state index contributed by atoms with van der Waals surface area (Å²) in [5.41, 5.74) is 2.70. The van der Waals surface area contributed by atoms with Crippen LogP contribution < -0.4 is 15.6 Å². The minimum absolute atomic E-state index is 0.0806. The van der Waals surface area contributed by atoms with E-state index in [1.165, 1.54) is 4.57 Å². The Bertz CT molecular complexity index is 1380. The number of rotatable bonds is 6. The van der Waals surface area contributed by atoms with Gasteiger partial charge in [0.15, 0.2) is 0 Å². The average Bonchev–Trinajstić information content (AvgIpc) is 3.40. The average molecular weight is 456 g/mol. The topological polar surface area (TPSA) is 82.5 Å². The lowest BCUT2D eigenvalue weighted by Gasteiger charge is -2.17. The minimum atomic E-state index is -0.320. The number of carbonyl (C=O) groups is 1. The molecule has 0 saturated carbocycles. The van der Waals surface area contributed by atoms with Gasteiger partial charge in [-0.1, -0.05) is 36.4 Å². The van der Waals surface area contributed by atoms with Gasteiger partial charge in [0.05, 0.1) is 30.7 Å². The Kier molecular flexibility index (Phi) is 6.10. The summed E-state index contributed by atoms with van der Waals surface area (Å²) in [5, 5.41) is 3.34. The van der Waals surface area contributed by atoms with Crippen molar-refractivity contribution in [3.8, 4) is 16.9 Å². The quantitative estimate of drug-likeness (QED) is 0.463. The normalized spacial score (nSPS) is 15.4. The van der Waals surface area contributed by atoms with Gasteiger partial charge in [-0.15, -0.1) is 0 Å². The number of carbonyl (C=O) groups excluding carboxylic acids is 1. The maximum Gasteiger partial charge on any atom is 0.262 e. The number of aromatic nitrogens is 2. The number of anilines is 1. The van der Waals surface area contributed by atoms with Gasteiger partial charge in [0.1, 0.15) is 5.75 Å². The van der Waals surface area contributed by atoms with Crippen LogP contribution in [0.25, 0.3) is 22.0 Å². The van der Waals surface area contributed by atoms with Crippen LogP contribution >= 0.6 is 0 Å². The van der Waals surface area contributed by atoms with E-state index in [0.717, 1.165) is 29.7 Å². The lowest BCUT2D eigenvalue weighted by Crippen LogP contribution is -2.31. The predicted molar refractivity (Wildman–Crippen MR) is 131 cm³/mol. The molecular weight excluding hydrogens is 430 g/mol. The highest BCUT2D eigenvalue weighted by atomic mass is 16.5. The second kappa shape index (κ2) is 9.49. The molecule has 3 aromatic carbocycles. The van der Waals surface area contributed by atoms with Crippen molar-refractivity contribution in [2.45, 2.75) is 25.5 Å². The van der Waals surface area contributed by atoms with Crippen LogP contribution in [-0.4, -0.2) is 35.3 Å². The fourth-order valence-corrected chi connectivity index (χ4v) is 4.20. The molecule has 172 valence electrons. The summed E-state index contributed by atoms with van der Waals surface area (Å²) < 4.78 is 12.5. The maximum absolute atomic E-state index is 13.5. The number of nitrogens with zero attached hydrogens (tertiary/aromatic N) is 2. The van der Waals surface area contributed by atoms with Gasteiger partial charge in [-0.05, 0) is 60.4 Å². The first-order chi connectivity index (χ1) is 16.6. The SMILES string of the molecule is COc1ccc(-c2ccc3c(=O)n(CC4CCCO4)c(NC(=O)c4ccccc4)nc3c2)cc1. The van der Waals surface area contributed by atoms with Crippen LogP contribution in [0, 0.1) is 0 Å². The van der Waals surface area contributed by atoms with E-state index in [4.69, 9.17) is 14.5 Å².